The van der Waals surface area contributed by atoms with Crippen LogP contribution in [0.3, 0.4) is 0 Å². The lowest BCUT2D eigenvalue weighted by molar-refractivity contribution is 0.606. The lowest BCUT2D eigenvalue weighted by Crippen LogP contribution is -2.09. The Morgan fingerprint density at radius 1 is 1.10 bits per heavy atom. The van der Waals surface area contributed by atoms with E-state index in [-0.39, 0.29) is 11.1 Å². The molecule has 1 nitrogen and oxygen atoms in total. The second kappa shape index (κ2) is 6.52. The number of aryl methyl sites for hydroxylation is 3. The average molecular weight is 304 g/mol. The average Bonchev–Trinajstić information content (AvgIpc) is 2.42. The molecule has 0 aliphatic rings. The lowest BCUT2D eigenvalue weighted by Gasteiger charge is -2.16. The molecule has 3 heteroatoms. The van der Waals surface area contributed by atoms with Crippen LogP contribution < -0.4 is 0 Å². The Balaban J connectivity index is 2.25. The minimum Gasteiger partial charge on any atom is -0.259 e. The number of hydrogen-bond acceptors (Lipinski definition) is 1. The Morgan fingerprint density at radius 3 is 2.24 bits per heavy atom. The summed E-state index contributed by atoms with van der Waals surface area (Å²) in [5.74, 6) is 0.184. The summed E-state index contributed by atoms with van der Waals surface area (Å²) in [5, 5.41) is -0.314. The lowest BCUT2D eigenvalue weighted by atomic mass is 10.0. The van der Waals surface area contributed by atoms with Crippen LogP contribution in [0.25, 0.3) is 0 Å². The highest BCUT2D eigenvalue weighted by molar-refractivity contribution is 7.84. The number of hydrogen-bond donors (Lipinski definition) is 0. The van der Waals surface area contributed by atoms with Crippen molar-refractivity contribution in [3.8, 4) is 0 Å². The molecular formula is C18H21FOS. The second-order valence-corrected chi connectivity index (χ2v) is 7.32. The Kier molecular flexibility index (Phi) is 4.94. The molecule has 21 heavy (non-hydrogen) atoms. The van der Waals surface area contributed by atoms with Crippen LogP contribution in [0.5, 0.6) is 0 Å². The molecule has 0 saturated heterocycles. The third-order valence-corrected chi connectivity index (χ3v) is 5.48. The Hall–Kier alpha value is -1.48. The van der Waals surface area contributed by atoms with E-state index in [4.69, 9.17) is 0 Å². The van der Waals surface area contributed by atoms with Crippen molar-refractivity contribution >= 4 is 10.8 Å². The van der Waals surface area contributed by atoms with Gasteiger partial charge in [0.25, 0.3) is 0 Å². The van der Waals surface area contributed by atoms with E-state index in [1.807, 2.05) is 20.8 Å². The van der Waals surface area contributed by atoms with Gasteiger partial charge in [0, 0.05) is 22.1 Å². The zero-order valence-corrected chi connectivity index (χ0v) is 13.8. The van der Waals surface area contributed by atoms with E-state index in [0.717, 1.165) is 16.7 Å². The highest BCUT2D eigenvalue weighted by Crippen LogP contribution is 2.26. The highest BCUT2D eigenvalue weighted by atomic mass is 32.2. The van der Waals surface area contributed by atoms with Gasteiger partial charge in [-0.1, -0.05) is 35.9 Å². The van der Waals surface area contributed by atoms with E-state index in [0.29, 0.717) is 11.3 Å². The molecule has 0 aromatic heterocycles. The molecule has 2 unspecified atom stereocenters. The topological polar surface area (TPSA) is 17.1 Å². The molecule has 2 aromatic rings. The fourth-order valence-electron chi connectivity index (χ4n) is 2.65. The molecule has 0 N–H and O–H groups in total. The molecule has 112 valence electrons. The first-order valence-corrected chi connectivity index (χ1v) is 8.46. The maximum atomic E-state index is 13.8. The van der Waals surface area contributed by atoms with E-state index < -0.39 is 10.8 Å². The van der Waals surface area contributed by atoms with Crippen molar-refractivity contribution in [2.45, 2.75) is 38.7 Å². The molecule has 0 heterocycles. The molecule has 0 aliphatic heterocycles. The first-order chi connectivity index (χ1) is 9.90. The van der Waals surface area contributed by atoms with E-state index in [1.54, 1.807) is 18.2 Å². The van der Waals surface area contributed by atoms with Crippen molar-refractivity contribution in [1.29, 1.82) is 0 Å². The predicted molar refractivity (Wildman–Crippen MR) is 87.3 cm³/mol. The van der Waals surface area contributed by atoms with Crippen molar-refractivity contribution in [1.82, 2.24) is 0 Å². The fourth-order valence-corrected chi connectivity index (χ4v) is 4.12. The first-order valence-electron chi connectivity index (χ1n) is 7.08. The maximum Gasteiger partial charge on any atom is 0.127 e. The van der Waals surface area contributed by atoms with Gasteiger partial charge in [0.15, 0.2) is 0 Å². The molecule has 2 aromatic carbocycles. The smallest absolute Gasteiger partial charge is 0.127 e. The Morgan fingerprint density at radius 2 is 1.67 bits per heavy atom. The van der Waals surface area contributed by atoms with Crippen molar-refractivity contribution in [3.63, 3.8) is 0 Å². The van der Waals surface area contributed by atoms with Gasteiger partial charge in [-0.25, -0.2) is 4.39 Å². The molecule has 0 fully saturated rings. The summed E-state index contributed by atoms with van der Waals surface area (Å²) in [6.45, 7) is 7.97. The minimum atomic E-state index is -1.14. The monoisotopic (exact) mass is 304 g/mol. The van der Waals surface area contributed by atoms with Crippen LogP contribution in [0.2, 0.25) is 0 Å². The quantitative estimate of drug-likeness (QED) is 0.796. The number of rotatable bonds is 4. The van der Waals surface area contributed by atoms with Gasteiger partial charge in [-0.15, -0.1) is 0 Å². The third-order valence-electron chi connectivity index (χ3n) is 3.86. The standard InChI is InChI=1S/C18H21FOS/c1-12-9-13(2)17(14(3)10-12)11-21(20)15(4)16-7-5-6-8-18(16)19/h5-10,15H,11H2,1-4H3. The van der Waals surface area contributed by atoms with Crippen molar-refractivity contribution in [2.24, 2.45) is 0 Å². The van der Waals surface area contributed by atoms with Gasteiger partial charge in [-0.3, -0.25) is 4.21 Å². The molecular weight excluding hydrogens is 283 g/mol. The highest BCUT2D eigenvalue weighted by Gasteiger charge is 2.18. The van der Waals surface area contributed by atoms with Gasteiger partial charge in [0.1, 0.15) is 5.82 Å². The van der Waals surface area contributed by atoms with Crippen LogP contribution >= 0.6 is 0 Å². The number of benzene rings is 2. The van der Waals surface area contributed by atoms with Crippen LogP contribution in [0.1, 0.15) is 40.0 Å². The van der Waals surface area contributed by atoms with E-state index in [2.05, 4.69) is 19.1 Å². The molecule has 0 spiro atoms. The summed E-state index contributed by atoms with van der Waals surface area (Å²) in [5.41, 5.74) is 5.16. The van der Waals surface area contributed by atoms with E-state index in [9.17, 15) is 8.60 Å². The van der Waals surface area contributed by atoms with Crippen LogP contribution in [0.15, 0.2) is 36.4 Å². The van der Waals surface area contributed by atoms with Crippen molar-refractivity contribution in [2.75, 3.05) is 0 Å². The summed E-state index contributed by atoms with van der Waals surface area (Å²) in [4.78, 5) is 0. The van der Waals surface area contributed by atoms with Crippen LogP contribution in [0, 0.1) is 26.6 Å². The molecule has 2 atom stereocenters. The van der Waals surface area contributed by atoms with Crippen molar-refractivity contribution in [3.05, 3.63) is 70.0 Å². The van der Waals surface area contributed by atoms with Crippen LogP contribution in [-0.2, 0) is 16.6 Å². The van der Waals surface area contributed by atoms with Gasteiger partial charge < -0.3 is 0 Å². The Labute approximate surface area is 128 Å². The molecule has 0 radical (unpaired) electrons. The van der Waals surface area contributed by atoms with Gasteiger partial charge in [0.2, 0.25) is 0 Å². The second-order valence-electron chi connectivity index (χ2n) is 5.57. The SMILES string of the molecule is Cc1cc(C)c(CS(=O)C(C)c2ccccc2F)c(C)c1. The molecule has 0 saturated carbocycles. The summed E-state index contributed by atoms with van der Waals surface area (Å²) in [7, 11) is -1.14. The van der Waals surface area contributed by atoms with Gasteiger partial charge >= 0.3 is 0 Å². The zero-order valence-electron chi connectivity index (χ0n) is 12.9. The molecule has 2 rings (SSSR count). The molecule has 0 bridgehead atoms. The normalized spacial score (nSPS) is 14.0. The summed E-state index contributed by atoms with van der Waals surface area (Å²) in [6, 6.07) is 10.8. The third kappa shape index (κ3) is 3.59. The van der Waals surface area contributed by atoms with Gasteiger partial charge in [0.05, 0.1) is 5.25 Å². The minimum absolute atomic E-state index is 0.282. The maximum absolute atomic E-state index is 13.8. The Bertz CT molecular complexity index is 656. The molecule has 0 amide bonds. The zero-order chi connectivity index (χ0) is 15.6. The summed E-state index contributed by atoms with van der Waals surface area (Å²) >= 11 is 0. The number of halogens is 1. The van der Waals surface area contributed by atoms with E-state index in [1.165, 1.54) is 11.6 Å². The van der Waals surface area contributed by atoms with Gasteiger partial charge in [-0.05, 0) is 50.5 Å². The van der Waals surface area contributed by atoms with Crippen LogP contribution in [-0.4, -0.2) is 4.21 Å². The van der Waals surface area contributed by atoms with Crippen molar-refractivity contribution < 1.29 is 8.60 Å². The first kappa shape index (κ1) is 15.9. The summed E-state index contributed by atoms with van der Waals surface area (Å²) < 4.78 is 26.4. The van der Waals surface area contributed by atoms with Gasteiger partial charge in [-0.2, -0.15) is 0 Å². The van der Waals surface area contributed by atoms with Crippen LogP contribution in [0.4, 0.5) is 4.39 Å². The largest absolute Gasteiger partial charge is 0.259 e. The van der Waals surface area contributed by atoms with E-state index >= 15 is 0 Å². The fraction of sp³-hybridized carbons (Fsp3) is 0.333. The summed E-state index contributed by atoms with van der Waals surface area (Å²) in [6.07, 6.45) is 0. The predicted octanol–water partition coefficient (Wildman–Crippen LogP) is 4.76. The molecule has 0 aliphatic carbocycles.